The molecule has 0 radical (unpaired) electrons. The van der Waals surface area contributed by atoms with Crippen LogP contribution in [0.25, 0.3) is 0 Å². The second-order valence-corrected chi connectivity index (χ2v) is 3.88. The van der Waals surface area contributed by atoms with Crippen molar-refractivity contribution in [3.05, 3.63) is 79.1 Å². The van der Waals surface area contributed by atoms with Crippen LogP contribution in [0.1, 0.15) is 5.56 Å². The smallest absolute Gasteiger partial charge is 0 e. The van der Waals surface area contributed by atoms with Gasteiger partial charge >= 0.3 is 33.9 Å². The molecule has 0 spiro atoms. The molecule has 0 aromatic heterocycles. The fourth-order valence-corrected chi connectivity index (χ4v) is 1.58. The first-order valence-corrected chi connectivity index (χ1v) is 6.21. The first kappa shape index (κ1) is 26.8. The van der Waals surface area contributed by atoms with Crippen LogP contribution in [0.15, 0.2) is 53.5 Å². The van der Waals surface area contributed by atoms with Crippen molar-refractivity contribution in [2.45, 2.75) is 0 Å². The van der Waals surface area contributed by atoms with E-state index >= 15 is 0 Å². The normalized spacial score (nSPS) is 7.83. The molecular formula is C17H12ClCrNO4. The predicted octanol–water partition coefficient (Wildman–Crippen LogP) is 3.98. The number of hydrogen-bond acceptors (Lipinski definition) is 2. The topological polar surface area (TPSA) is 81.3 Å². The second-order valence-electron chi connectivity index (χ2n) is 3.48. The molecule has 0 saturated carbocycles. The van der Waals surface area contributed by atoms with E-state index in [1.54, 1.807) is 13.3 Å². The molecule has 2 aromatic carbocycles. The van der Waals surface area contributed by atoms with Crippen molar-refractivity contribution in [3.63, 3.8) is 0 Å². The van der Waals surface area contributed by atoms with Gasteiger partial charge in [0.2, 0.25) is 0 Å². The minimum absolute atomic E-state index is 0. The number of rotatable bonds is 3. The van der Waals surface area contributed by atoms with Crippen molar-refractivity contribution in [1.82, 2.24) is 0 Å². The summed E-state index contributed by atoms with van der Waals surface area (Å²) in [6.45, 7) is 13.5. The molecule has 2 aromatic rings. The second kappa shape index (κ2) is 19.0. The summed E-state index contributed by atoms with van der Waals surface area (Å²) in [4.78, 5) is 4.35. The molecule has 0 fully saturated rings. The minimum atomic E-state index is 0. The van der Waals surface area contributed by atoms with Gasteiger partial charge in [0.15, 0.2) is 0 Å². The van der Waals surface area contributed by atoms with Crippen LogP contribution in [0, 0.1) is 20.0 Å². The number of ether oxygens (including phenoxy) is 1. The third-order valence-corrected chi connectivity index (χ3v) is 2.67. The molecule has 0 aliphatic heterocycles. The molecule has 24 heavy (non-hydrogen) atoms. The summed E-state index contributed by atoms with van der Waals surface area (Å²) in [5, 5.41) is 0.699. The van der Waals surface area contributed by atoms with Gasteiger partial charge in [0, 0.05) is 34.2 Å². The molecule has 0 saturated heterocycles. The number of aliphatic imine (C=N–C) groups is 1. The number of benzene rings is 2. The molecule has 0 aliphatic carbocycles. The Balaban J connectivity index is -0.000000569. The summed E-state index contributed by atoms with van der Waals surface area (Å²) >= 11 is 6.03. The quantitative estimate of drug-likeness (QED) is 0.449. The molecule has 0 bridgehead atoms. The Hall–Kier alpha value is -2.05. The summed E-state index contributed by atoms with van der Waals surface area (Å²) < 4.78 is 27.6. The molecule has 0 aliphatic rings. The standard InChI is InChI=1S/C14H12ClNO.3CO.Cr/c1-17-13-8-6-12(7-9-13)16-10-11-4-2-3-5-14(11)15;3*1-2;/h2-10H,1H3;;;;. The van der Waals surface area contributed by atoms with Crippen LogP contribution in [-0.2, 0) is 31.3 Å². The van der Waals surface area contributed by atoms with Crippen LogP contribution in [-0.4, -0.2) is 13.3 Å². The zero-order valence-electron chi connectivity index (χ0n) is 12.6. The average Bonchev–Trinajstić information content (AvgIpc) is 2.66. The van der Waals surface area contributed by atoms with E-state index in [0.29, 0.717) is 5.02 Å². The largest absolute Gasteiger partial charge is 0 e. The van der Waals surface area contributed by atoms with Gasteiger partial charge in [-0.05, 0) is 30.3 Å². The summed E-state index contributed by atoms with van der Waals surface area (Å²) in [5.41, 5.74) is 1.77. The molecule has 0 amide bonds. The molecular weight excluding hydrogens is 370 g/mol. The maximum Gasteiger partial charge on any atom is 0 e. The van der Waals surface area contributed by atoms with E-state index in [1.807, 2.05) is 48.5 Å². The van der Waals surface area contributed by atoms with E-state index in [1.165, 1.54) is 0 Å². The van der Waals surface area contributed by atoms with E-state index in [2.05, 4.69) is 24.9 Å². The van der Waals surface area contributed by atoms with E-state index in [-0.39, 0.29) is 17.4 Å². The molecule has 5 nitrogen and oxygen atoms in total. The Kier molecular flexibility index (Phi) is 21.2. The Morgan fingerprint density at radius 1 is 0.917 bits per heavy atom. The fourth-order valence-electron chi connectivity index (χ4n) is 1.39. The van der Waals surface area contributed by atoms with Crippen LogP contribution in [0.5, 0.6) is 5.75 Å². The summed E-state index contributed by atoms with van der Waals surface area (Å²) in [7, 11) is 1.64. The summed E-state index contributed by atoms with van der Waals surface area (Å²) in [6, 6.07) is 15.1. The summed E-state index contributed by atoms with van der Waals surface area (Å²) in [6.07, 6.45) is 1.75. The van der Waals surface area contributed by atoms with E-state index < -0.39 is 0 Å². The van der Waals surface area contributed by atoms with Crippen molar-refractivity contribution in [2.75, 3.05) is 7.11 Å². The van der Waals surface area contributed by atoms with Crippen molar-refractivity contribution >= 4 is 23.5 Å². The Morgan fingerprint density at radius 3 is 1.88 bits per heavy atom. The van der Waals surface area contributed by atoms with Crippen molar-refractivity contribution in [1.29, 1.82) is 0 Å². The fraction of sp³-hybridized carbons (Fsp3) is 0.0588. The van der Waals surface area contributed by atoms with Crippen molar-refractivity contribution in [3.8, 4) is 5.75 Å². The third kappa shape index (κ3) is 10.6. The molecule has 0 heterocycles. The van der Waals surface area contributed by atoms with Crippen LogP contribution in [0.4, 0.5) is 5.69 Å². The van der Waals surface area contributed by atoms with Gasteiger partial charge in [-0.2, -0.15) is 0 Å². The number of halogens is 1. The Labute approximate surface area is 156 Å². The maximum absolute atomic E-state index is 7.50. The van der Waals surface area contributed by atoms with Gasteiger partial charge in [0.25, 0.3) is 0 Å². The van der Waals surface area contributed by atoms with Gasteiger partial charge in [-0.3, -0.25) is 4.99 Å². The zero-order chi connectivity index (χ0) is 18.1. The van der Waals surface area contributed by atoms with Gasteiger partial charge in [-0.1, -0.05) is 29.8 Å². The average molecular weight is 382 g/mol. The van der Waals surface area contributed by atoms with Gasteiger partial charge in [0.05, 0.1) is 12.8 Å². The third-order valence-electron chi connectivity index (χ3n) is 2.33. The van der Waals surface area contributed by atoms with Gasteiger partial charge < -0.3 is 4.74 Å². The molecule has 0 N–H and O–H groups in total. The van der Waals surface area contributed by atoms with Crippen LogP contribution in [0.3, 0.4) is 0 Å². The van der Waals surface area contributed by atoms with Crippen molar-refractivity contribution < 1.29 is 36.1 Å². The predicted molar refractivity (Wildman–Crippen MR) is 83.5 cm³/mol. The van der Waals surface area contributed by atoms with Gasteiger partial charge in [-0.15, -0.1) is 0 Å². The monoisotopic (exact) mass is 381 g/mol. The van der Waals surface area contributed by atoms with E-state index in [9.17, 15) is 0 Å². The first-order valence-electron chi connectivity index (χ1n) is 5.83. The Bertz CT molecular complexity index is 637. The number of hydrogen-bond donors (Lipinski definition) is 0. The van der Waals surface area contributed by atoms with Crippen LogP contribution >= 0.6 is 11.6 Å². The summed E-state index contributed by atoms with van der Waals surface area (Å²) in [5.74, 6) is 0.821. The van der Waals surface area contributed by atoms with Crippen LogP contribution < -0.4 is 4.74 Å². The zero-order valence-corrected chi connectivity index (χ0v) is 14.6. The molecule has 7 heteroatoms. The van der Waals surface area contributed by atoms with Gasteiger partial charge in [0.1, 0.15) is 5.75 Å². The SMILES string of the molecule is COc1ccc(N=Cc2ccccc2Cl)cc1.[C-]#[O+].[C-]#[O+].[C-]#[O+].[Cr]. The van der Waals surface area contributed by atoms with Gasteiger partial charge in [-0.25, -0.2) is 0 Å². The first-order chi connectivity index (χ1) is 11.3. The van der Waals surface area contributed by atoms with Crippen molar-refractivity contribution in [2.24, 2.45) is 4.99 Å². The minimum Gasteiger partial charge on any atom is 0 e. The van der Waals surface area contributed by atoms with E-state index in [4.69, 9.17) is 30.3 Å². The molecule has 0 atom stereocenters. The van der Waals surface area contributed by atoms with E-state index in [0.717, 1.165) is 17.0 Å². The molecule has 0 unspecified atom stereocenters. The Morgan fingerprint density at radius 2 is 1.42 bits per heavy atom. The number of nitrogens with zero attached hydrogens (tertiary/aromatic N) is 1. The van der Waals surface area contributed by atoms with Crippen LogP contribution in [0.2, 0.25) is 5.02 Å². The number of methoxy groups -OCH3 is 1. The molecule has 122 valence electrons. The molecule has 2 rings (SSSR count). The maximum atomic E-state index is 7.50.